The van der Waals surface area contributed by atoms with Gasteiger partial charge in [0.25, 0.3) is 5.91 Å². The number of hydrogen-bond acceptors (Lipinski definition) is 5. The maximum Gasteiger partial charge on any atom is 0.257 e. The highest BCUT2D eigenvalue weighted by Gasteiger charge is 2.17. The number of rotatable bonds is 6. The number of anilines is 2. The number of aromatic nitrogens is 1. The molecule has 1 aromatic carbocycles. The summed E-state index contributed by atoms with van der Waals surface area (Å²) in [7, 11) is 0. The summed E-state index contributed by atoms with van der Waals surface area (Å²) in [5.41, 5.74) is 1.20. The molecule has 0 saturated carbocycles. The van der Waals surface area contributed by atoms with E-state index in [2.05, 4.69) is 15.2 Å². The minimum atomic E-state index is -0.209. The van der Waals surface area contributed by atoms with Gasteiger partial charge in [0.2, 0.25) is 6.41 Å². The molecule has 0 unspecified atom stereocenters. The number of carbonyl (C=O) groups is 2. The number of piperazine rings is 1. The molecule has 1 aliphatic rings. The Hall–Kier alpha value is -3.09. The van der Waals surface area contributed by atoms with E-state index in [4.69, 9.17) is 4.74 Å². The number of nitrogens with zero attached hydrogens (tertiary/aromatic N) is 3. The molecule has 0 radical (unpaired) electrons. The summed E-state index contributed by atoms with van der Waals surface area (Å²) >= 11 is 0. The van der Waals surface area contributed by atoms with Gasteiger partial charge in [-0.15, -0.1) is 0 Å². The molecule has 2 amide bonds. The first-order chi connectivity index (χ1) is 12.7. The van der Waals surface area contributed by atoms with E-state index in [0.717, 1.165) is 31.1 Å². The maximum atomic E-state index is 12.4. The molecule has 26 heavy (non-hydrogen) atoms. The quantitative estimate of drug-likeness (QED) is 0.803. The van der Waals surface area contributed by atoms with Gasteiger partial charge in [0, 0.05) is 38.1 Å². The van der Waals surface area contributed by atoms with E-state index in [-0.39, 0.29) is 5.91 Å². The van der Waals surface area contributed by atoms with Crippen LogP contribution in [-0.2, 0) is 4.79 Å². The van der Waals surface area contributed by atoms with Crippen molar-refractivity contribution in [2.45, 2.75) is 6.92 Å². The Kier molecular flexibility index (Phi) is 5.68. The first-order valence-electron chi connectivity index (χ1n) is 8.64. The lowest BCUT2D eigenvalue weighted by molar-refractivity contribution is -0.118. The van der Waals surface area contributed by atoms with Gasteiger partial charge >= 0.3 is 0 Å². The monoisotopic (exact) mass is 354 g/mol. The standard InChI is InChI=1S/C19H22N4O3/c1-2-26-17-6-4-16(5-7-17)21-19(25)15-3-8-18(20-13-15)23-11-9-22(14-24)10-12-23/h3-8,13-14H,2,9-12H2,1H3,(H,21,25). The summed E-state index contributed by atoms with van der Waals surface area (Å²) in [6, 6.07) is 10.8. The molecule has 1 aliphatic heterocycles. The molecule has 2 heterocycles. The Balaban J connectivity index is 1.59. The van der Waals surface area contributed by atoms with Gasteiger partial charge in [-0.2, -0.15) is 0 Å². The number of carbonyl (C=O) groups excluding carboxylic acids is 2. The van der Waals surface area contributed by atoms with E-state index in [1.165, 1.54) is 0 Å². The van der Waals surface area contributed by atoms with Crippen molar-refractivity contribution in [1.29, 1.82) is 0 Å². The van der Waals surface area contributed by atoms with Crippen LogP contribution in [0.2, 0.25) is 0 Å². The highest BCUT2D eigenvalue weighted by Crippen LogP contribution is 2.17. The summed E-state index contributed by atoms with van der Waals surface area (Å²) in [6.07, 6.45) is 2.45. The van der Waals surface area contributed by atoms with Gasteiger partial charge in [-0.05, 0) is 43.3 Å². The fourth-order valence-corrected chi connectivity index (χ4v) is 2.77. The molecule has 0 atom stereocenters. The summed E-state index contributed by atoms with van der Waals surface area (Å²) in [4.78, 5) is 31.4. The van der Waals surface area contributed by atoms with Crippen molar-refractivity contribution in [3.8, 4) is 5.75 Å². The van der Waals surface area contributed by atoms with Crippen LogP contribution in [0, 0.1) is 0 Å². The second kappa shape index (κ2) is 8.33. The first kappa shape index (κ1) is 17.7. The smallest absolute Gasteiger partial charge is 0.257 e. The second-order valence-electron chi connectivity index (χ2n) is 5.95. The van der Waals surface area contributed by atoms with Crippen LogP contribution in [0.15, 0.2) is 42.6 Å². The second-order valence-corrected chi connectivity index (χ2v) is 5.95. The minimum Gasteiger partial charge on any atom is -0.494 e. The minimum absolute atomic E-state index is 0.209. The lowest BCUT2D eigenvalue weighted by Gasteiger charge is -2.33. The zero-order valence-electron chi connectivity index (χ0n) is 14.7. The molecule has 0 spiro atoms. The normalized spacial score (nSPS) is 14.0. The average molecular weight is 354 g/mol. The van der Waals surface area contributed by atoms with E-state index >= 15 is 0 Å². The fourth-order valence-electron chi connectivity index (χ4n) is 2.77. The summed E-state index contributed by atoms with van der Waals surface area (Å²) < 4.78 is 5.39. The summed E-state index contributed by atoms with van der Waals surface area (Å²) in [6.45, 7) is 5.38. The molecule has 3 rings (SSSR count). The van der Waals surface area contributed by atoms with Crippen molar-refractivity contribution in [1.82, 2.24) is 9.88 Å². The Morgan fingerprint density at radius 1 is 1.15 bits per heavy atom. The number of ether oxygens (including phenoxy) is 1. The molecule has 1 aromatic heterocycles. The van der Waals surface area contributed by atoms with Crippen molar-refractivity contribution in [3.63, 3.8) is 0 Å². The van der Waals surface area contributed by atoms with Crippen LogP contribution in [0.5, 0.6) is 5.75 Å². The molecule has 136 valence electrons. The number of nitrogens with one attached hydrogen (secondary N) is 1. The lowest BCUT2D eigenvalue weighted by Crippen LogP contribution is -2.46. The van der Waals surface area contributed by atoms with Gasteiger partial charge in [-0.3, -0.25) is 9.59 Å². The third-order valence-electron chi connectivity index (χ3n) is 4.22. The predicted octanol–water partition coefficient (Wildman–Crippen LogP) is 2.01. The number of benzene rings is 1. The molecule has 7 heteroatoms. The van der Waals surface area contributed by atoms with Crippen molar-refractivity contribution in [2.75, 3.05) is 43.0 Å². The molecule has 7 nitrogen and oxygen atoms in total. The van der Waals surface area contributed by atoms with Crippen LogP contribution in [0.25, 0.3) is 0 Å². The molecule has 0 aliphatic carbocycles. The topological polar surface area (TPSA) is 74.8 Å². The van der Waals surface area contributed by atoms with Gasteiger partial charge in [-0.25, -0.2) is 4.98 Å². The molecule has 1 saturated heterocycles. The van der Waals surface area contributed by atoms with Gasteiger partial charge < -0.3 is 19.9 Å². The van der Waals surface area contributed by atoms with Crippen LogP contribution in [0.4, 0.5) is 11.5 Å². The van der Waals surface area contributed by atoms with Crippen molar-refractivity contribution in [3.05, 3.63) is 48.2 Å². The van der Waals surface area contributed by atoms with E-state index in [1.807, 2.05) is 25.1 Å². The van der Waals surface area contributed by atoms with Crippen LogP contribution < -0.4 is 15.0 Å². The zero-order chi connectivity index (χ0) is 18.4. The van der Waals surface area contributed by atoms with Crippen LogP contribution in [-0.4, -0.2) is 55.0 Å². The zero-order valence-corrected chi connectivity index (χ0v) is 14.7. The van der Waals surface area contributed by atoms with E-state index in [1.54, 1.807) is 29.3 Å². The lowest BCUT2D eigenvalue weighted by atomic mass is 10.2. The molecule has 1 N–H and O–H groups in total. The Bertz CT molecular complexity index is 738. The first-order valence-corrected chi connectivity index (χ1v) is 8.64. The number of amides is 2. The van der Waals surface area contributed by atoms with Crippen molar-refractivity contribution in [2.24, 2.45) is 0 Å². The molecular formula is C19H22N4O3. The highest BCUT2D eigenvalue weighted by molar-refractivity contribution is 6.04. The fraction of sp³-hybridized carbons (Fsp3) is 0.316. The molecule has 2 aromatic rings. The molecular weight excluding hydrogens is 332 g/mol. The Morgan fingerprint density at radius 2 is 1.88 bits per heavy atom. The van der Waals surface area contributed by atoms with Gasteiger partial charge in [0.05, 0.1) is 12.2 Å². The Morgan fingerprint density at radius 3 is 2.46 bits per heavy atom. The van der Waals surface area contributed by atoms with Crippen LogP contribution >= 0.6 is 0 Å². The number of hydrogen-bond donors (Lipinski definition) is 1. The maximum absolute atomic E-state index is 12.4. The largest absolute Gasteiger partial charge is 0.494 e. The van der Waals surface area contributed by atoms with E-state index in [9.17, 15) is 9.59 Å². The van der Waals surface area contributed by atoms with Crippen molar-refractivity contribution < 1.29 is 14.3 Å². The number of pyridine rings is 1. The van der Waals surface area contributed by atoms with Gasteiger partial charge in [0.1, 0.15) is 11.6 Å². The third kappa shape index (κ3) is 4.30. The molecule has 0 bridgehead atoms. The van der Waals surface area contributed by atoms with Crippen LogP contribution in [0.1, 0.15) is 17.3 Å². The summed E-state index contributed by atoms with van der Waals surface area (Å²) in [5.74, 6) is 1.37. The van der Waals surface area contributed by atoms with E-state index in [0.29, 0.717) is 30.9 Å². The average Bonchev–Trinajstić information content (AvgIpc) is 2.70. The Labute approximate surface area is 152 Å². The van der Waals surface area contributed by atoms with Crippen molar-refractivity contribution >= 4 is 23.8 Å². The summed E-state index contributed by atoms with van der Waals surface area (Å²) in [5, 5.41) is 2.85. The van der Waals surface area contributed by atoms with E-state index < -0.39 is 0 Å². The van der Waals surface area contributed by atoms with Gasteiger partial charge in [0.15, 0.2) is 0 Å². The SMILES string of the molecule is CCOc1ccc(NC(=O)c2ccc(N3CCN(C=O)CC3)nc2)cc1. The van der Waals surface area contributed by atoms with Crippen LogP contribution in [0.3, 0.4) is 0 Å². The van der Waals surface area contributed by atoms with Gasteiger partial charge in [-0.1, -0.05) is 0 Å². The predicted molar refractivity (Wildman–Crippen MR) is 99.7 cm³/mol. The molecule has 1 fully saturated rings. The third-order valence-corrected chi connectivity index (χ3v) is 4.22. The highest BCUT2D eigenvalue weighted by atomic mass is 16.5.